The van der Waals surface area contributed by atoms with Crippen LogP contribution in [0.25, 0.3) is 20.8 Å². The van der Waals surface area contributed by atoms with Crippen LogP contribution in [0.5, 0.6) is 5.75 Å². The Kier molecular flexibility index (Phi) is 4.69. The van der Waals surface area contributed by atoms with Gasteiger partial charge in [0.25, 0.3) is 0 Å². The number of benzene rings is 1. The standard InChI is InChI=1S/C16H15N3O4S2/c1-23-12-3-4-14-13(6-12)19-16(24-14)10-5-11(8-17-7-10)18-15(20)9-25(2,21)22/h3-8H,9H2,1-2H3,(H,18,20). The number of methoxy groups -OCH3 is 1. The number of carbonyl (C=O) groups is 1. The number of rotatable bonds is 5. The Morgan fingerprint density at radius 1 is 1.28 bits per heavy atom. The third-order valence-corrected chi connectivity index (χ3v) is 5.13. The second kappa shape index (κ2) is 6.77. The number of hydrogen-bond acceptors (Lipinski definition) is 7. The molecule has 0 saturated carbocycles. The van der Waals surface area contributed by atoms with Crippen LogP contribution in [0.1, 0.15) is 0 Å². The first-order valence-corrected chi connectivity index (χ1v) is 10.1. The van der Waals surface area contributed by atoms with Crippen molar-refractivity contribution in [3.05, 3.63) is 36.7 Å². The number of sulfone groups is 1. The molecule has 130 valence electrons. The van der Waals surface area contributed by atoms with Crippen LogP contribution in [0.4, 0.5) is 5.69 Å². The highest BCUT2D eigenvalue weighted by molar-refractivity contribution is 7.91. The number of pyridine rings is 1. The highest BCUT2D eigenvalue weighted by Gasteiger charge is 2.13. The molecule has 2 heterocycles. The third kappa shape index (κ3) is 4.31. The number of carbonyl (C=O) groups excluding carboxylic acids is 1. The molecule has 2 aromatic heterocycles. The second-order valence-corrected chi connectivity index (χ2v) is 8.60. The van der Waals surface area contributed by atoms with Gasteiger partial charge in [0.2, 0.25) is 5.91 Å². The Morgan fingerprint density at radius 3 is 2.80 bits per heavy atom. The van der Waals surface area contributed by atoms with Crippen LogP contribution in [-0.2, 0) is 14.6 Å². The molecule has 25 heavy (non-hydrogen) atoms. The maximum Gasteiger partial charge on any atom is 0.239 e. The van der Waals surface area contributed by atoms with E-state index in [1.807, 2.05) is 18.2 Å². The Hall–Kier alpha value is -2.52. The number of thiazole rings is 1. The predicted molar refractivity (Wildman–Crippen MR) is 97.7 cm³/mol. The molecular weight excluding hydrogens is 362 g/mol. The van der Waals surface area contributed by atoms with Gasteiger partial charge in [-0.05, 0) is 18.2 Å². The number of nitrogens with one attached hydrogen (secondary N) is 1. The normalized spacial score (nSPS) is 11.4. The molecule has 0 aliphatic rings. The molecule has 0 bridgehead atoms. The van der Waals surface area contributed by atoms with Gasteiger partial charge in [-0.2, -0.15) is 0 Å². The molecule has 0 fully saturated rings. The molecule has 0 aliphatic carbocycles. The van der Waals surface area contributed by atoms with E-state index in [9.17, 15) is 13.2 Å². The molecule has 1 amide bonds. The fraction of sp³-hybridized carbons (Fsp3) is 0.188. The van der Waals surface area contributed by atoms with E-state index in [-0.39, 0.29) is 0 Å². The lowest BCUT2D eigenvalue weighted by molar-refractivity contribution is -0.113. The topological polar surface area (TPSA) is 98.2 Å². The van der Waals surface area contributed by atoms with E-state index in [4.69, 9.17) is 4.74 Å². The number of aromatic nitrogens is 2. The van der Waals surface area contributed by atoms with Crippen LogP contribution in [0, 0.1) is 0 Å². The van der Waals surface area contributed by atoms with Gasteiger partial charge in [-0.25, -0.2) is 13.4 Å². The van der Waals surface area contributed by atoms with Crippen LogP contribution >= 0.6 is 11.3 Å². The molecule has 1 aromatic carbocycles. The lowest BCUT2D eigenvalue weighted by Crippen LogP contribution is -2.21. The Morgan fingerprint density at radius 2 is 2.08 bits per heavy atom. The summed E-state index contributed by atoms with van der Waals surface area (Å²) in [6.45, 7) is 0. The van der Waals surface area contributed by atoms with Gasteiger partial charge in [0.05, 0.1) is 29.2 Å². The molecule has 0 radical (unpaired) electrons. The minimum absolute atomic E-state index is 0.419. The minimum atomic E-state index is -3.38. The van der Waals surface area contributed by atoms with Crippen molar-refractivity contribution in [3.8, 4) is 16.3 Å². The SMILES string of the molecule is COc1ccc2sc(-c3cncc(NC(=O)CS(C)(=O)=O)c3)nc2c1. The summed E-state index contributed by atoms with van der Waals surface area (Å²) in [4.78, 5) is 20.4. The fourth-order valence-electron chi connectivity index (χ4n) is 2.22. The number of hydrogen-bond donors (Lipinski definition) is 1. The van der Waals surface area contributed by atoms with Gasteiger partial charge in [-0.15, -0.1) is 11.3 Å². The zero-order valence-corrected chi connectivity index (χ0v) is 15.1. The summed E-state index contributed by atoms with van der Waals surface area (Å²) >= 11 is 1.49. The largest absolute Gasteiger partial charge is 0.497 e. The number of fused-ring (bicyclic) bond motifs is 1. The average Bonchev–Trinajstić information content (AvgIpc) is 2.96. The monoisotopic (exact) mass is 377 g/mol. The zero-order chi connectivity index (χ0) is 18.0. The van der Waals surface area contributed by atoms with Crippen molar-refractivity contribution in [3.63, 3.8) is 0 Å². The highest BCUT2D eigenvalue weighted by atomic mass is 32.2. The lowest BCUT2D eigenvalue weighted by Gasteiger charge is -2.05. The van der Waals surface area contributed by atoms with Crippen molar-refractivity contribution in [2.75, 3.05) is 24.4 Å². The number of nitrogens with zero attached hydrogens (tertiary/aromatic N) is 2. The quantitative estimate of drug-likeness (QED) is 0.733. The summed E-state index contributed by atoms with van der Waals surface area (Å²) in [5, 5.41) is 3.28. The number of ether oxygens (including phenoxy) is 1. The number of amides is 1. The zero-order valence-electron chi connectivity index (χ0n) is 13.5. The average molecular weight is 377 g/mol. The summed E-state index contributed by atoms with van der Waals surface area (Å²) in [5.41, 5.74) is 1.96. The highest BCUT2D eigenvalue weighted by Crippen LogP contribution is 2.32. The summed E-state index contributed by atoms with van der Waals surface area (Å²) in [7, 11) is -1.79. The van der Waals surface area contributed by atoms with Crippen molar-refractivity contribution in [2.45, 2.75) is 0 Å². The van der Waals surface area contributed by atoms with Crippen LogP contribution in [0.15, 0.2) is 36.7 Å². The first-order chi connectivity index (χ1) is 11.8. The molecule has 0 saturated heterocycles. The molecule has 3 aromatic rings. The van der Waals surface area contributed by atoms with Crippen molar-refractivity contribution >= 4 is 43.0 Å². The van der Waals surface area contributed by atoms with Gasteiger partial charge in [0, 0.05) is 24.1 Å². The maximum absolute atomic E-state index is 11.7. The van der Waals surface area contributed by atoms with Gasteiger partial charge in [0.15, 0.2) is 9.84 Å². The van der Waals surface area contributed by atoms with E-state index >= 15 is 0 Å². The molecule has 0 aliphatic heterocycles. The van der Waals surface area contributed by atoms with E-state index in [2.05, 4.69) is 15.3 Å². The van der Waals surface area contributed by atoms with Crippen molar-refractivity contribution in [1.82, 2.24) is 9.97 Å². The summed E-state index contributed by atoms with van der Waals surface area (Å²) in [6.07, 6.45) is 4.11. The van der Waals surface area contributed by atoms with Crippen LogP contribution in [-0.4, -0.2) is 43.4 Å². The Bertz CT molecular complexity index is 1040. The van der Waals surface area contributed by atoms with Crippen molar-refractivity contribution in [1.29, 1.82) is 0 Å². The van der Waals surface area contributed by atoms with Crippen LogP contribution < -0.4 is 10.1 Å². The van der Waals surface area contributed by atoms with Crippen molar-refractivity contribution in [2.24, 2.45) is 0 Å². The van der Waals surface area contributed by atoms with Crippen LogP contribution in [0.2, 0.25) is 0 Å². The molecule has 7 nitrogen and oxygen atoms in total. The third-order valence-electron chi connectivity index (χ3n) is 3.26. The van der Waals surface area contributed by atoms with Crippen LogP contribution in [0.3, 0.4) is 0 Å². The van der Waals surface area contributed by atoms with E-state index in [1.54, 1.807) is 19.4 Å². The predicted octanol–water partition coefficient (Wildman–Crippen LogP) is 2.35. The lowest BCUT2D eigenvalue weighted by atomic mass is 10.2. The number of anilines is 1. The first kappa shape index (κ1) is 17.3. The molecule has 0 unspecified atom stereocenters. The molecule has 3 rings (SSSR count). The summed E-state index contributed by atoms with van der Waals surface area (Å²) < 4.78 is 28.6. The van der Waals surface area contributed by atoms with E-state index in [0.29, 0.717) is 5.69 Å². The van der Waals surface area contributed by atoms with Gasteiger partial charge in [-0.1, -0.05) is 0 Å². The summed E-state index contributed by atoms with van der Waals surface area (Å²) in [5.74, 6) is -0.447. The molecule has 1 N–H and O–H groups in total. The Balaban J connectivity index is 1.87. The van der Waals surface area contributed by atoms with Gasteiger partial charge >= 0.3 is 0 Å². The fourth-order valence-corrected chi connectivity index (χ4v) is 3.69. The molecule has 0 spiro atoms. The molecule has 9 heteroatoms. The maximum atomic E-state index is 11.7. The minimum Gasteiger partial charge on any atom is -0.497 e. The van der Waals surface area contributed by atoms with Crippen molar-refractivity contribution < 1.29 is 17.9 Å². The van der Waals surface area contributed by atoms with Gasteiger partial charge in [-0.3, -0.25) is 9.78 Å². The second-order valence-electron chi connectivity index (χ2n) is 5.43. The van der Waals surface area contributed by atoms with Gasteiger partial charge < -0.3 is 10.1 Å². The van der Waals surface area contributed by atoms with E-state index < -0.39 is 21.5 Å². The molecular formula is C16H15N3O4S2. The summed E-state index contributed by atoms with van der Waals surface area (Å²) in [6, 6.07) is 7.35. The first-order valence-electron chi connectivity index (χ1n) is 7.21. The van der Waals surface area contributed by atoms with E-state index in [1.165, 1.54) is 17.5 Å². The smallest absolute Gasteiger partial charge is 0.239 e. The Labute approximate surface area is 148 Å². The molecule has 0 atom stereocenters. The van der Waals surface area contributed by atoms with E-state index in [0.717, 1.165) is 32.8 Å². The van der Waals surface area contributed by atoms with Gasteiger partial charge in [0.1, 0.15) is 16.5 Å².